The zero-order valence-corrected chi connectivity index (χ0v) is 8.28. The molecule has 0 bridgehead atoms. The van der Waals surface area contributed by atoms with Gasteiger partial charge in [0.15, 0.2) is 0 Å². The van der Waals surface area contributed by atoms with E-state index in [0.717, 1.165) is 10.7 Å². The Kier molecular flexibility index (Phi) is 2.51. The molecule has 0 saturated carbocycles. The third kappa shape index (κ3) is 1.89. The van der Waals surface area contributed by atoms with E-state index in [1.54, 1.807) is 6.07 Å². The fraction of sp³-hybridized carbons (Fsp3) is 0. The van der Waals surface area contributed by atoms with Crippen LogP contribution < -0.4 is 0 Å². The van der Waals surface area contributed by atoms with E-state index in [0.29, 0.717) is 0 Å². The first-order valence-corrected chi connectivity index (χ1v) is 4.55. The monoisotopic (exact) mass is 224 g/mol. The molecule has 2 rings (SSSR count). The van der Waals surface area contributed by atoms with E-state index in [2.05, 4.69) is 5.10 Å². The molecule has 76 valence electrons. The van der Waals surface area contributed by atoms with Gasteiger partial charge < -0.3 is 0 Å². The molecule has 0 fully saturated rings. The minimum atomic E-state index is -0.505. The Bertz CT molecular complexity index is 496. The first-order valence-electron chi connectivity index (χ1n) is 4.18. The van der Waals surface area contributed by atoms with Crippen molar-refractivity contribution in [3.63, 3.8) is 0 Å². The quantitative estimate of drug-likeness (QED) is 0.745. The van der Waals surface area contributed by atoms with Gasteiger partial charge in [-0.2, -0.15) is 5.10 Å². The van der Waals surface area contributed by atoms with Crippen LogP contribution in [0.25, 0.3) is 0 Å². The number of hydrogen-bond donors (Lipinski definition) is 0. The van der Waals surface area contributed by atoms with Crippen molar-refractivity contribution in [2.75, 3.05) is 0 Å². The summed E-state index contributed by atoms with van der Waals surface area (Å²) in [7, 11) is 0. The molecule has 2 aromatic rings. The molecule has 0 atom stereocenters. The molecule has 0 radical (unpaired) electrons. The summed E-state index contributed by atoms with van der Waals surface area (Å²) < 4.78 is 14.0. The fourth-order valence-corrected chi connectivity index (χ4v) is 1.37. The summed E-state index contributed by atoms with van der Waals surface area (Å²) in [5, 5.41) is 3.95. The van der Waals surface area contributed by atoms with E-state index in [9.17, 15) is 9.18 Å². The second-order valence-corrected chi connectivity index (χ2v) is 3.29. The zero-order chi connectivity index (χ0) is 10.8. The molecule has 0 unspecified atom stereocenters. The zero-order valence-electron chi connectivity index (χ0n) is 7.52. The van der Waals surface area contributed by atoms with Crippen molar-refractivity contribution in [1.82, 2.24) is 9.78 Å². The van der Waals surface area contributed by atoms with Crippen molar-refractivity contribution in [1.29, 1.82) is 0 Å². The number of carbonyl (C=O) groups is 1. The van der Waals surface area contributed by atoms with Gasteiger partial charge in [0.05, 0.1) is 10.6 Å². The summed E-state index contributed by atoms with van der Waals surface area (Å²) in [6, 6.07) is 5.23. The number of nitrogens with zero attached hydrogens (tertiary/aromatic N) is 2. The third-order valence-electron chi connectivity index (χ3n) is 1.87. The molecule has 0 saturated heterocycles. The topological polar surface area (TPSA) is 34.9 Å². The second-order valence-electron chi connectivity index (χ2n) is 2.88. The minimum absolute atomic E-state index is 0.0976. The molecular formula is C10H6ClFN2O. The smallest absolute Gasteiger partial charge is 0.267 e. The van der Waals surface area contributed by atoms with Gasteiger partial charge in [-0.05, 0) is 24.3 Å². The molecule has 15 heavy (non-hydrogen) atoms. The number of aromatic nitrogens is 2. The SMILES string of the molecule is O=C(c1cc(F)ccc1Cl)n1cccn1. The lowest BCUT2D eigenvalue weighted by Crippen LogP contribution is -2.13. The summed E-state index contributed by atoms with van der Waals surface area (Å²) in [6.07, 6.45) is 2.94. The van der Waals surface area contributed by atoms with Gasteiger partial charge in [-0.1, -0.05) is 11.6 Å². The average Bonchev–Trinajstić information content (AvgIpc) is 2.74. The molecule has 1 heterocycles. The minimum Gasteiger partial charge on any atom is -0.267 e. The van der Waals surface area contributed by atoms with Crippen LogP contribution in [0, 0.1) is 5.82 Å². The summed E-state index contributed by atoms with van der Waals surface area (Å²) in [5.41, 5.74) is 0.0976. The van der Waals surface area contributed by atoms with Crippen LogP contribution in [-0.2, 0) is 0 Å². The van der Waals surface area contributed by atoms with Crippen LogP contribution in [0.5, 0.6) is 0 Å². The van der Waals surface area contributed by atoms with Crippen molar-refractivity contribution in [2.45, 2.75) is 0 Å². The number of hydrogen-bond acceptors (Lipinski definition) is 2. The van der Waals surface area contributed by atoms with E-state index < -0.39 is 11.7 Å². The van der Waals surface area contributed by atoms with E-state index >= 15 is 0 Å². The van der Waals surface area contributed by atoms with Crippen LogP contribution in [0.1, 0.15) is 10.4 Å². The van der Waals surface area contributed by atoms with Crippen molar-refractivity contribution >= 4 is 17.5 Å². The highest BCUT2D eigenvalue weighted by Crippen LogP contribution is 2.17. The van der Waals surface area contributed by atoms with Crippen LogP contribution in [-0.4, -0.2) is 15.7 Å². The average molecular weight is 225 g/mol. The molecule has 5 heteroatoms. The van der Waals surface area contributed by atoms with E-state index in [1.165, 1.54) is 24.5 Å². The largest absolute Gasteiger partial charge is 0.279 e. The summed E-state index contributed by atoms with van der Waals surface area (Å²) in [4.78, 5) is 11.7. The molecule has 0 amide bonds. The van der Waals surface area contributed by atoms with Crippen LogP contribution in [0.4, 0.5) is 4.39 Å². The number of benzene rings is 1. The number of halogens is 2. The Hall–Kier alpha value is -1.68. The van der Waals surface area contributed by atoms with Crippen LogP contribution in [0.3, 0.4) is 0 Å². The lowest BCUT2D eigenvalue weighted by Gasteiger charge is -2.02. The summed E-state index contributed by atoms with van der Waals surface area (Å²) in [5.74, 6) is -0.959. The van der Waals surface area contributed by atoms with Crippen molar-refractivity contribution in [3.8, 4) is 0 Å². The van der Waals surface area contributed by atoms with E-state index in [-0.39, 0.29) is 10.6 Å². The van der Waals surface area contributed by atoms with Gasteiger partial charge >= 0.3 is 0 Å². The fourth-order valence-electron chi connectivity index (χ4n) is 1.17. The standard InChI is InChI=1S/C10H6ClFN2O/c11-9-3-2-7(12)6-8(9)10(15)14-5-1-4-13-14/h1-6H. The highest BCUT2D eigenvalue weighted by Gasteiger charge is 2.13. The number of carbonyl (C=O) groups excluding carboxylic acids is 1. The molecule has 0 aliphatic rings. The van der Waals surface area contributed by atoms with E-state index in [1.807, 2.05) is 0 Å². The van der Waals surface area contributed by atoms with Crippen LogP contribution in [0.15, 0.2) is 36.7 Å². The molecular weight excluding hydrogens is 219 g/mol. The van der Waals surface area contributed by atoms with Crippen LogP contribution >= 0.6 is 11.6 Å². The normalized spacial score (nSPS) is 10.3. The van der Waals surface area contributed by atoms with Crippen molar-refractivity contribution in [2.24, 2.45) is 0 Å². The molecule has 1 aromatic carbocycles. The maximum atomic E-state index is 12.9. The number of rotatable bonds is 1. The van der Waals surface area contributed by atoms with Gasteiger partial charge in [0, 0.05) is 12.4 Å². The maximum Gasteiger partial charge on any atom is 0.279 e. The van der Waals surface area contributed by atoms with Gasteiger partial charge in [0.25, 0.3) is 5.91 Å². The molecule has 1 aromatic heterocycles. The van der Waals surface area contributed by atoms with Crippen molar-refractivity contribution in [3.05, 3.63) is 53.1 Å². The predicted octanol–water partition coefficient (Wildman–Crippen LogP) is 2.36. The maximum absolute atomic E-state index is 12.9. The Balaban J connectivity index is 2.46. The Morgan fingerprint density at radius 2 is 2.27 bits per heavy atom. The van der Waals surface area contributed by atoms with E-state index in [4.69, 9.17) is 11.6 Å². The Morgan fingerprint density at radius 3 is 2.93 bits per heavy atom. The first kappa shape index (κ1) is 9.86. The second kappa shape index (κ2) is 3.82. The van der Waals surface area contributed by atoms with Gasteiger partial charge in [0.1, 0.15) is 5.82 Å². The Labute approximate surface area is 90.1 Å². The van der Waals surface area contributed by atoms with Gasteiger partial charge in [-0.15, -0.1) is 0 Å². The van der Waals surface area contributed by atoms with Gasteiger partial charge in [-0.3, -0.25) is 4.79 Å². The molecule has 0 aliphatic carbocycles. The predicted molar refractivity (Wildman–Crippen MR) is 53.4 cm³/mol. The molecule has 3 nitrogen and oxygen atoms in total. The van der Waals surface area contributed by atoms with Crippen LogP contribution in [0.2, 0.25) is 5.02 Å². The summed E-state index contributed by atoms with van der Waals surface area (Å²) >= 11 is 5.78. The third-order valence-corrected chi connectivity index (χ3v) is 2.20. The van der Waals surface area contributed by atoms with Gasteiger partial charge in [-0.25, -0.2) is 9.07 Å². The highest BCUT2D eigenvalue weighted by atomic mass is 35.5. The Morgan fingerprint density at radius 1 is 1.47 bits per heavy atom. The van der Waals surface area contributed by atoms with Gasteiger partial charge in [0.2, 0.25) is 0 Å². The lowest BCUT2D eigenvalue weighted by molar-refractivity contribution is 0.0945. The van der Waals surface area contributed by atoms with Crippen molar-refractivity contribution < 1.29 is 9.18 Å². The highest BCUT2D eigenvalue weighted by molar-refractivity contribution is 6.33. The first-order chi connectivity index (χ1) is 7.18. The molecule has 0 spiro atoms. The molecule has 0 N–H and O–H groups in total. The molecule has 0 aliphatic heterocycles. The lowest BCUT2D eigenvalue weighted by atomic mass is 10.2. The summed E-state index contributed by atoms with van der Waals surface area (Å²) in [6.45, 7) is 0.